The van der Waals surface area contributed by atoms with E-state index in [1.54, 1.807) is 6.20 Å². The van der Waals surface area contributed by atoms with Crippen molar-refractivity contribution in [3.05, 3.63) is 54.5 Å². The highest BCUT2D eigenvalue weighted by molar-refractivity contribution is 5.76. The van der Waals surface area contributed by atoms with Gasteiger partial charge in [-0.3, -0.25) is 0 Å². The minimum atomic E-state index is 0.516. The van der Waals surface area contributed by atoms with Crippen molar-refractivity contribution in [1.29, 1.82) is 0 Å². The molecule has 0 N–H and O–H groups in total. The molecule has 0 radical (unpaired) electrons. The molecule has 0 amide bonds. The summed E-state index contributed by atoms with van der Waals surface area (Å²) in [6, 6.07) is 13.2. The van der Waals surface area contributed by atoms with Crippen LogP contribution in [-0.4, -0.2) is 27.9 Å². The number of ether oxygens (including phenoxy) is 1. The SMILES string of the molecule is CN(c1ccc2c(n1)COc1cc(-n3cccn3)ccc1-2)C1C[C@H]2CC[C@@H](C1)C2. The van der Waals surface area contributed by atoms with Crippen molar-refractivity contribution in [1.82, 2.24) is 14.8 Å². The first-order chi connectivity index (χ1) is 14.2. The van der Waals surface area contributed by atoms with Crippen LogP contribution < -0.4 is 9.64 Å². The molecule has 2 aliphatic carbocycles. The molecule has 29 heavy (non-hydrogen) atoms. The zero-order valence-electron chi connectivity index (χ0n) is 16.8. The number of fused-ring (bicyclic) bond motifs is 5. The molecule has 3 aliphatic rings. The van der Waals surface area contributed by atoms with Crippen molar-refractivity contribution < 1.29 is 4.74 Å². The van der Waals surface area contributed by atoms with Crippen molar-refractivity contribution in [2.45, 2.75) is 44.8 Å². The van der Waals surface area contributed by atoms with Crippen molar-refractivity contribution in [3.63, 3.8) is 0 Å². The van der Waals surface area contributed by atoms with E-state index in [0.29, 0.717) is 12.6 Å². The summed E-state index contributed by atoms with van der Waals surface area (Å²) >= 11 is 0. The highest BCUT2D eigenvalue weighted by Gasteiger charge is 2.36. The van der Waals surface area contributed by atoms with Crippen LogP contribution in [0.4, 0.5) is 5.82 Å². The van der Waals surface area contributed by atoms with Crippen LogP contribution >= 0.6 is 0 Å². The van der Waals surface area contributed by atoms with Gasteiger partial charge in [0, 0.05) is 42.7 Å². The number of hydrogen-bond donors (Lipinski definition) is 0. The molecule has 2 saturated carbocycles. The Bertz CT molecular complexity index is 1030. The maximum atomic E-state index is 6.09. The van der Waals surface area contributed by atoms with Crippen LogP contribution in [0.3, 0.4) is 0 Å². The van der Waals surface area contributed by atoms with Crippen LogP contribution in [0.5, 0.6) is 5.75 Å². The van der Waals surface area contributed by atoms with E-state index < -0.39 is 0 Å². The Labute approximate surface area is 171 Å². The number of pyridine rings is 1. The van der Waals surface area contributed by atoms with Crippen molar-refractivity contribution in [3.8, 4) is 22.6 Å². The van der Waals surface area contributed by atoms with Gasteiger partial charge in [-0.05, 0) is 61.4 Å². The molecule has 2 bridgehead atoms. The van der Waals surface area contributed by atoms with E-state index in [4.69, 9.17) is 9.72 Å². The molecule has 3 heterocycles. The van der Waals surface area contributed by atoms with Crippen LogP contribution in [0.15, 0.2) is 48.8 Å². The first-order valence-electron chi connectivity index (χ1n) is 10.7. The third kappa shape index (κ3) is 2.91. The van der Waals surface area contributed by atoms with E-state index in [9.17, 15) is 0 Å². The largest absolute Gasteiger partial charge is 0.487 e. The number of anilines is 1. The summed E-state index contributed by atoms with van der Waals surface area (Å²) in [4.78, 5) is 7.43. The Balaban J connectivity index is 1.29. The summed E-state index contributed by atoms with van der Waals surface area (Å²) in [6.07, 6.45) is 10.7. The molecule has 1 aromatic carbocycles. The highest BCUT2D eigenvalue weighted by atomic mass is 16.5. The second-order valence-electron chi connectivity index (χ2n) is 8.86. The Morgan fingerprint density at radius 1 is 1.03 bits per heavy atom. The van der Waals surface area contributed by atoms with E-state index in [2.05, 4.69) is 47.4 Å². The summed E-state index contributed by atoms with van der Waals surface area (Å²) in [5, 5.41) is 4.31. The monoisotopic (exact) mass is 386 g/mol. The fraction of sp³-hybridized carbons (Fsp3) is 0.417. The minimum absolute atomic E-state index is 0.516. The average Bonchev–Trinajstić information content (AvgIpc) is 3.42. The van der Waals surface area contributed by atoms with Crippen molar-refractivity contribution in [2.24, 2.45) is 11.8 Å². The van der Waals surface area contributed by atoms with E-state index in [1.807, 2.05) is 16.9 Å². The van der Waals surface area contributed by atoms with Gasteiger partial charge in [-0.2, -0.15) is 5.10 Å². The van der Waals surface area contributed by atoms with Crippen LogP contribution in [0, 0.1) is 11.8 Å². The molecule has 0 spiro atoms. The fourth-order valence-electron chi connectivity index (χ4n) is 5.58. The topological polar surface area (TPSA) is 43.2 Å². The predicted octanol–water partition coefficient (Wildman–Crippen LogP) is 4.84. The maximum Gasteiger partial charge on any atom is 0.131 e. The number of rotatable bonds is 3. The van der Waals surface area contributed by atoms with Crippen LogP contribution in [-0.2, 0) is 6.61 Å². The standard InChI is InChI=1S/C24H26N4O/c1-27(19-12-16-3-4-17(11-16)13-19)24-8-7-20-21-6-5-18(28-10-2-9-25-28)14-23(21)29-15-22(20)26-24/h2,5-10,14,16-17,19H,3-4,11-13,15H2,1H3/t16-,17+,19?. The molecule has 148 valence electrons. The molecule has 2 aromatic heterocycles. The lowest BCUT2D eigenvalue weighted by molar-refractivity contribution is 0.296. The molecule has 5 nitrogen and oxygen atoms in total. The molecular weight excluding hydrogens is 360 g/mol. The van der Waals surface area contributed by atoms with Gasteiger partial charge in [-0.25, -0.2) is 9.67 Å². The van der Waals surface area contributed by atoms with Crippen molar-refractivity contribution in [2.75, 3.05) is 11.9 Å². The zero-order chi connectivity index (χ0) is 19.4. The van der Waals surface area contributed by atoms with Crippen LogP contribution in [0.2, 0.25) is 0 Å². The first kappa shape index (κ1) is 17.1. The van der Waals surface area contributed by atoms with E-state index in [1.165, 1.54) is 37.7 Å². The minimum Gasteiger partial charge on any atom is -0.487 e. The van der Waals surface area contributed by atoms with Gasteiger partial charge in [0.1, 0.15) is 18.2 Å². The smallest absolute Gasteiger partial charge is 0.131 e. The molecule has 0 saturated heterocycles. The number of hydrogen-bond acceptors (Lipinski definition) is 4. The van der Waals surface area contributed by atoms with Gasteiger partial charge in [-0.15, -0.1) is 0 Å². The van der Waals surface area contributed by atoms with Crippen LogP contribution in [0.25, 0.3) is 16.8 Å². The zero-order valence-corrected chi connectivity index (χ0v) is 16.8. The Hall–Kier alpha value is -2.82. The first-order valence-corrected chi connectivity index (χ1v) is 10.7. The second kappa shape index (κ2) is 6.61. The number of benzene rings is 1. The van der Waals surface area contributed by atoms with Gasteiger partial charge in [-0.1, -0.05) is 12.8 Å². The van der Waals surface area contributed by atoms with Gasteiger partial charge in [0.2, 0.25) is 0 Å². The molecule has 1 aliphatic heterocycles. The third-order valence-corrected chi connectivity index (χ3v) is 7.12. The number of aromatic nitrogens is 3. The summed E-state index contributed by atoms with van der Waals surface area (Å²) in [5.41, 5.74) is 4.33. The maximum absolute atomic E-state index is 6.09. The van der Waals surface area contributed by atoms with Gasteiger partial charge >= 0.3 is 0 Å². The lowest BCUT2D eigenvalue weighted by Gasteiger charge is -2.36. The molecular formula is C24H26N4O. The summed E-state index contributed by atoms with van der Waals surface area (Å²) in [6.45, 7) is 0.516. The molecule has 3 aromatic rings. The van der Waals surface area contributed by atoms with Gasteiger partial charge < -0.3 is 9.64 Å². The predicted molar refractivity (Wildman–Crippen MR) is 113 cm³/mol. The van der Waals surface area contributed by atoms with Gasteiger partial charge in [0.15, 0.2) is 0 Å². The van der Waals surface area contributed by atoms with E-state index >= 15 is 0 Å². The molecule has 6 rings (SSSR count). The van der Waals surface area contributed by atoms with Gasteiger partial charge in [0.25, 0.3) is 0 Å². The summed E-state index contributed by atoms with van der Waals surface area (Å²) in [7, 11) is 2.22. The normalized spacial score (nSPS) is 24.5. The molecule has 1 unspecified atom stereocenters. The van der Waals surface area contributed by atoms with Crippen molar-refractivity contribution >= 4 is 5.82 Å². The Morgan fingerprint density at radius 3 is 2.66 bits per heavy atom. The molecule has 3 atom stereocenters. The number of nitrogens with zero attached hydrogens (tertiary/aromatic N) is 4. The van der Waals surface area contributed by atoms with Crippen LogP contribution in [0.1, 0.15) is 37.8 Å². The molecule has 5 heteroatoms. The average molecular weight is 386 g/mol. The fourth-order valence-corrected chi connectivity index (χ4v) is 5.58. The lowest BCUT2D eigenvalue weighted by atomic mass is 9.85. The van der Waals surface area contributed by atoms with Gasteiger partial charge in [0.05, 0.1) is 11.4 Å². The van der Waals surface area contributed by atoms with E-state index in [-0.39, 0.29) is 0 Å². The quantitative estimate of drug-likeness (QED) is 0.646. The molecule has 2 fully saturated rings. The Kier molecular flexibility index (Phi) is 3.89. The van der Waals surface area contributed by atoms with E-state index in [0.717, 1.165) is 40.3 Å². The second-order valence-corrected chi connectivity index (χ2v) is 8.86. The summed E-state index contributed by atoms with van der Waals surface area (Å²) in [5.74, 6) is 3.84. The highest BCUT2D eigenvalue weighted by Crippen LogP contribution is 2.44. The third-order valence-electron chi connectivity index (χ3n) is 7.12. The summed E-state index contributed by atoms with van der Waals surface area (Å²) < 4.78 is 7.94. The Morgan fingerprint density at radius 2 is 1.86 bits per heavy atom. The lowest BCUT2D eigenvalue weighted by Crippen LogP contribution is -2.37.